The number of nitrogens with zero attached hydrogens (tertiary/aromatic N) is 3. The average molecular weight is 295 g/mol. The molecule has 0 aliphatic heterocycles. The van der Waals surface area contributed by atoms with Gasteiger partial charge in [0.25, 0.3) is 0 Å². The van der Waals surface area contributed by atoms with Crippen LogP contribution in [-0.2, 0) is 11.3 Å². The van der Waals surface area contributed by atoms with Crippen molar-refractivity contribution in [3.63, 3.8) is 0 Å². The zero-order chi connectivity index (χ0) is 15.1. The summed E-state index contributed by atoms with van der Waals surface area (Å²) in [5.41, 5.74) is 3.79. The minimum absolute atomic E-state index is 0.0582. The minimum atomic E-state index is -0.243. The Morgan fingerprint density at radius 2 is 2.05 bits per heavy atom. The fourth-order valence-corrected chi connectivity index (χ4v) is 3.51. The molecule has 6 heteroatoms. The maximum absolute atomic E-state index is 6.25. The normalized spacial score (nSPS) is 20.1. The molecular formula is C15H29N5O. The average Bonchev–Trinajstić information content (AvgIpc) is 2.79. The van der Waals surface area contributed by atoms with Gasteiger partial charge in [-0.1, -0.05) is 37.8 Å². The maximum atomic E-state index is 6.25. The molecule has 1 aliphatic carbocycles. The van der Waals surface area contributed by atoms with E-state index in [4.69, 9.17) is 10.6 Å². The van der Waals surface area contributed by atoms with Gasteiger partial charge in [0.1, 0.15) is 0 Å². The molecule has 0 radical (unpaired) electrons. The highest BCUT2D eigenvalue weighted by Gasteiger charge is 2.42. The fraction of sp³-hybridized carbons (Fsp3) is 0.867. The molecule has 0 aromatic carbocycles. The summed E-state index contributed by atoms with van der Waals surface area (Å²) in [6.07, 6.45) is 9.85. The van der Waals surface area contributed by atoms with E-state index in [-0.39, 0.29) is 11.6 Å². The van der Waals surface area contributed by atoms with Crippen LogP contribution in [0.5, 0.6) is 0 Å². The lowest BCUT2D eigenvalue weighted by Crippen LogP contribution is -2.49. The third-order valence-corrected chi connectivity index (χ3v) is 4.45. The van der Waals surface area contributed by atoms with Gasteiger partial charge in [0.15, 0.2) is 0 Å². The highest BCUT2D eigenvalue weighted by atomic mass is 16.5. The molecule has 1 saturated carbocycles. The van der Waals surface area contributed by atoms with Crippen LogP contribution in [0.25, 0.3) is 0 Å². The van der Waals surface area contributed by atoms with Gasteiger partial charge >= 0.3 is 0 Å². The smallest absolute Gasteiger partial charge is 0.0934 e. The summed E-state index contributed by atoms with van der Waals surface area (Å²) in [6.45, 7) is 5.76. The molecule has 0 amide bonds. The van der Waals surface area contributed by atoms with Gasteiger partial charge in [0.2, 0.25) is 0 Å². The molecule has 1 aromatic rings. The number of nitrogens with one attached hydrogen (secondary N) is 1. The zero-order valence-electron chi connectivity index (χ0n) is 13.3. The number of rotatable bonds is 7. The number of nitrogens with two attached hydrogens (primary N) is 1. The molecule has 1 fully saturated rings. The Labute approximate surface area is 127 Å². The molecule has 0 spiro atoms. The molecule has 2 rings (SSSR count). The number of hydrazine groups is 1. The van der Waals surface area contributed by atoms with Crippen molar-refractivity contribution in [2.24, 2.45) is 5.84 Å². The SMILES string of the molecule is CCCn1nncc1C(NN)C1(OCC)CCCCCC1. The highest BCUT2D eigenvalue weighted by Crippen LogP contribution is 2.40. The van der Waals surface area contributed by atoms with Crippen LogP contribution in [0.15, 0.2) is 6.20 Å². The lowest BCUT2D eigenvalue weighted by Gasteiger charge is -2.39. The quantitative estimate of drug-likeness (QED) is 0.458. The van der Waals surface area contributed by atoms with E-state index >= 15 is 0 Å². The van der Waals surface area contributed by atoms with Crippen LogP contribution in [0.1, 0.15) is 70.5 Å². The second-order valence-electron chi connectivity index (χ2n) is 5.89. The van der Waals surface area contributed by atoms with Gasteiger partial charge in [-0.15, -0.1) is 5.10 Å². The number of aryl methyl sites for hydroxylation is 1. The highest BCUT2D eigenvalue weighted by molar-refractivity contribution is 5.11. The number of ether oxygens (including phenoxy) is 1. The van der Waals surface area contributed by atoms with Gasteiger partial charge in [-0.3, -0.25) is 5.84 Å². The molecule has 3 N–H and O–H groups in total. The minimum Gasteiger partial charge on any atom is -0.373 e. The van der Waals surface area contributed by atoms with Crippen LogP contribution in [-0.4, -0.2) is 27.2 Å². The third-order valence-electron chi connectivity index (χ3n) is 4.45. The summed E-state index contributed by atoms with van der Waals surface area (Å²) in [5.74, 6) is 5.93. The maximum Gasteiger partial charge on any atom is 0.0934 e. The Bertz CT molecular complexity index is 412. The molecule has 1 heterocycles. The second kappa shape index (κ2) is 7.87. The van der Waals surface area contributed by atoms with Gasteiger partial charge in [-0.25, -0.2) is 10.1 Å². The van der Waals surface area contributed by atoms with Crippen molar-refractivity contribution in [2.45, 2.75) is 77.0 Å². The zero-order valence-corrected chi connectivity index (χ0v) is 13.3. The second-order valence-corrected chi connectivity index (χ2v) is 5.89. The molecule has 1 unspecified atom stereocenters. The van der Waals surface area contributed by atoms with E-state index in [0.717, 1.165) is 31.5 Å². The summed E-state index contributed by atoms with van der Waals surface area (Å²) in [5, 5.41) is 8.28. The van der Waals surface area contributed by atoms with E-state index in [2.05, 4.69) is 29.6 Å². The Morgan fingerprint density at radius 1 is 1.33 bits per heavy atom. The summed E-state index contributed by atoms with van der Waals surface area (Å²) < 4.78 is 8.20. The molecule has 0 bridgehead atoms. The predicted octanol–water partition coefficient (Wildman–Crippen LogP) is 2.32. The number of hydrogen-bond donors (Lipinski definition) is 2. The lowest BCUT2D eigenvalue weighted by molar-refractivity contribution is -0.0800. The van der Waals surface area contributed by atoms with Crippen LogP contribution in [0.4, 0.5) is 0 Å². The molecule has 1 atom stereocenters. The summed E-state index contributed by atoms with van der Waals surface area (Å²) in [6, 6.07) is -0.0582. The van der Waals surface area contributed by atoms with E-state index in [9.17, 15) is 0 Å². The first kappa shape index (κ1) is 16.4. The Morgan fingerprint density at radius 3 is 2.62 bits per heavy atom. The van der Waals surface area contributed by atoms with Gasteiger partial charge in [-0.2, -0.15) is 0 Å². The van der Waals surface area contributed by atoms with Gasteiger partial charge in [0, 0.05) is 13.2 Å². The van der Waals surface area contributed by atoms with E-state index in [1.807, 2.05) is 10.9 Å². The van der Waals surface area contributed by atoms with Crippen molar-refractivity contribution in [1.29, 1.82) is 0 Å². The van der Waals surface area contributed by atoms with Crippen molar-refractivity contribution in [1.82, 2.24) is 20.4 Å². The van der Waals surface area contributed by atoms with Crippen LogP contribution in [0.3, 0.4) is 0 Å². The molecule has 120 valence electrons. The van der Waals surface area contributed by atoms with E-state index in [1.165, 1.54) is 25.7 Å². The molecule has 0 saturated heterocycles. The molecule has 21 heavy (non-hydrogen) atoms. The monoisotopic (exact) mass is 295 g/mol. The van der Waals surface area contributed by atoms with E-state index < -0.39 is 0 Å². The predicted molar refractivity (Wildman–Crippen MR) is 82.4 cm³/mol. The number of hydrogen-bond acceptors (Lipinski definition) is 5. The van der Waals surface area contributed by atoms with Crippen molar-refractivity contribution < 1.29 is 4.74 Å². The first-order valence-corrected chi connectivity index (χ1v) is 8.26. The van der Waals surface area contributed by atoms with Crippen LogP contribution in [0.2, 0.25) is 0 Å². The van der Waals surface area contributed by atoms with Gasteiger partial charge in [-0.05, 0) is 26.2 Å². The number of aromatic nitrogens is 3. The summed E-state index contributed by atoms with van der Waals surface area (Å²) in [7, 11) is 0. The summed E-state index contributed by atoms with van der Waals surface area (Å²) in [4.78, 5) is 0. The fourth-order valence-electron chi connectivity index (χ4n) is 3.51. The van der Waals surface area contributed by atoms with Gasteiger partial charge in [0.05, 0.1) is 23.5 Å². The molecular weight excluding hydrogens is 266 g/mol. The molecule has 1 aliphatic rings. The first-order chi connectivity index (χ1) is 10.3. The first-order valence-electron chi connectivity index (χ1n) is 8.26. The van der Waals surface area contributed by atoms with E-state index in [1.54, 1.807) is 0 Å². The van der Waals surface area contributed by atoms with Crippen LogP contribution in [0, 0.1) is 0 Å². The topological polar surface area (TPSA) is 78.0 Å². The van der Waals surface area contributed by atoms with Crippen LogP contribution < -0.4 is 11.3 Å². The Balaban J connectivity index is 2.32. The van der Waals surface area contributed by atoms with E-state index in [0.29, 0.717) is 6.61 Å². The molecule has 1 aromatic heterocycles. The Hall–Kier alpha value is -0.980. The lowest BCUT2D eigenvalue weighted by atomic mass is 9.84. The third kappa shape index (κ3) is 3.62. The van der Waals surface area contributed by atoms with Crippen molar-refractivity contribution in [2.75, 3.05) is 6.61 Å². The Kier molecular flexibility index (Phi) is 6.14. The molecule has 6 nitrogen and oxygen atoms in total. The van der Waals surface area contributed by atoms with Crippen molar-refractivity contribution in [3.8, 4) is 0 Å². The van der Waals surface area contributed by atoms with Gasteiger partial charge < -0.3 is 4.74 Å². The van der Waals surface area contributed by atoms with Crippen molar-refractivity contribution in [3.05, 3.63) is 11.9 Å². The van der Waals surface area contributed by atoms with Crippen molar-refractivity contribution >= 4 is 0 Å². The standard InChI is InChI=1S/C15H29N5O/c1-3-11-20-13(12-17-19-20)14(18-16)15(21-4-2)9-7-5-6-8-10-15/h12,14,18H,3-11,16H2,1-2H3. The summed E-state index contributed by atoms with van der Waals surface area (Å²) >= 11 is 0. The van der Waals surface area contributed by atoms with Crippen LogP contribution >= 0.6 is 0 Å². The largest absolute Gasteiger partial charge is 0.373 e.